The van der Waals surface area contributed by atoms with Crippen molar-refractivity contribution in [3.63, 3.8) is 0 Å². The van der Waals surface area contributed by atoms with Gasteiger partial charge in [-0.15, -0.1) is 0 Å². The van der Waals surface area contributed by atoms with Crippen molar-refractivity contribution in [1.29, 1.82) is 0 Å². The summed E-state index contributed by atoms with van der Waals surface area (Å²) in [4.78, 5) is 24.9. The minimum absolute atomic E-state index is 0.0463. The molecule has 1 amide bonds. The molecule has 0 saturated carbocycles. The van der Waals surface area contributed by atoms with Crippen LogP contribution in [0.3, 0.4) is 0 Å². The van der Waals surface area contributed by atoms with Gasteiger partial charge >= 0.3 is 12.1 Å². The minimum atomic E-state index is -4.53. The number of carbonyl (C=O) groups excluding carboxylic acids is 1. The highest BCUT2D eigenvalue weighted by Crippen LogP contribution is 2.32. The number of pyridine rings is 1. The Bertz CT molecular complexity index is 591. The molecule has 6 nitrogen and oxygen atoms in total. The predicted octanol–water partition coefficient (Wildman–Crippen LogP) is 1.92. The van der Waals surface area contributed by atoms with Crippen LogP contribution >= 0.6 is 11.6 Å². The Kier molecular flexibility index (Phi) is 6.17. The third-order valence-electron chi connectivity index (χ3n) is 2.26. The van der Waals surface area contributed by atoms with Gasteiger partial charge in [0.25, 0.3) is 0 Å². The Morgan fingerprint density at radius 3 is 2.55 bits per heavy atom. The van der Waals surface area contributed by atoms with Crippen molar-refractivity contribution in [2.45, 2.75) is 6.18 Å². The topological polar surface area (TPSA) is 91.3 Å². The van der Waals surface area contributed by atoms with Gasteiger partial charge < -0.3 is 15.7 Å². The fourth-order valence-corrected chi connectivity index (χ4v) is 1.53. The van der Waals surface area contributed by atoms with Crippen LogP contribution in [0.1, 0.15) is 5.56 Å². The second kappa shape index (κ2) is 7.64. The van der Waals surface area contributed by atoms with Gasteiger partial charge in [0.15, 0.2) is 0 Å². The predicted molar refractivity (Wildman–Crippen MR) is 72.5 cm³/mol. The molecular formula is C12H11ClF3N3O3. The van der Waals surface area contributed by atoms with Crippen molar-refractivity contribution in [2.75, 3.05) is 18.4 Å². The molecule has 0 aromatic carbocycles. The first kappa shape index (κ1) is 17.8. The number of aliphatic carboxylic acids is 1. The number of halogens is 4. The number of rotatable bonds is 6. The highest BCUT2D eigenvalue weighted by atomic mass is 35.5. The molecule has 0 radical (unpaired) electrons. The molecule has 1 heterocycles. The maximum absolute atomic E-state index is 12.4. The second-order valence-corrected chi connectivity index (χ2v) is 4.35. The molecule has 0 spiro atoms. The average Bonchev–Trinajstić information content (AvgIpc) is 2.41. The number of nitrogens with one attached hydrogen (secondary N) is 2. The first-order valence-corrected chi connectivity index (χ1v) is 6.23. The number of hydrogen-bond donors (Lipinski definition) is 3. The minimum Gasteiger partial charge on any atom is -0.478 e. The molecule has 0 aliphatic heterocycles. The van der Waals surface area contributed by atoms with E-state index in [0.29, 0.717) is 12.3 Å². The molecule has 3 N–H and O–H groups in total. The third kappa shape index (κ3) is 6.00. The van der Waals surface area contributed by atoms with Crippen molar-refractivity contribution >= 4 is 29.3 Å². The summed E-state index contributed by atoms with van der Waals surface area (Å²) < 4.78 is 37.2. The molecule has 10 heteroatoms. The highest BCUT2D eigenvalue weighted by Gasteiger charge is 2.31. The Labute approximate surface area is 128 Å². The van der Waals surface area contributed by atoms with Crippen molar-refractivity contribution in [3.8, 4) is 0 Å². The zero-order valence-corrected chi connectivity index (χ0v) is 11.7. The van der Waals surface area contributed by atoms with Crippen LogP contribution in [0.25, 0.3) is 0 Å². The van der Waals surface area contributed by atoms with Gasteiger partial charge in [-0.3, -0.25) is 4.79 Å². The van der Waals surface area contributed by atoms with Crippen LogP contribution < -0.4 is 10.6 Å². The number of aromatic nitrogens is 1. The van der Waals surface area contributed by atoms with Crippen LogP contribution in [0.15, 0.2) is 24.4 Å². The Morgan fingerprint density at radius 2 is 2.00 bits per heavy atom. The normalized spacial score (nSPS) is 11.5. The molecule has 22 heavy (non-hydrogen) atoms. The maximum Gasteiger partial charge on any atom is 0.417 e. The molecule has 0 unspecified atom stereocenters. The number of anilines is 1. The number of nitrogens with zero attached hydrogens (tertiary/aromatic N) is 1. The monoisotopic (exact) mass is 337 g/mol. The molecule has 0 bridgehead atoms. The standard InChI is InChI=1S/C12H11ClF3N3O3/c13-8-5-7(12(14,15)16)6-19-11(8)18-4-3-17-9(20)1-2-10(21)22/h1-2,5-6H,3-4H2,(H,17,20)(H,18,19)(H,21,22)/b2-1-. The summed E-state index contributed by atoms with van der Waals surface area (Å²) in [6.45, 7) is 0.243. The number of alkyl halides is 3. The van der Waals surface area contributed by atoms with Crippen LogP contribution in [-0.4, -0.2) is 35.1 Å². The quantitative estimate of drug-likeness (QED) is 0.545. The number of hydrogen-bond acceptors (Lipinski definition) is 4. The molecule has 0 aliphatic rings. The maximum atomic E-state index is 12.4. The summed E-state index contributed by atoms with van der Waals surface area (Å²) in [6, 6.07) is 0.741. The summed E-state index contributed by atoms with van der Waals surface area (Å²) in [6.07, 6.45) is -2.37. The first-order valence-electron chi connectivity index (χ1n) is 5.85. The van der Waals surface area contributed by atoms with Crippen molar-refractivity contribution in [3.05, 3.63) is 35.0 Å². The molecule has 0 fully saturated rings. The number of amides is 1. The largest absolute Gasteiger partial charge is 0.478 e. The lowest BCUT2D eigenvalue weighted by molar-refractivity contribution is -0.137. The van der Waals surface area contributed by atoms with E-state index in [1.807, 2.05) is 0 Å². The zero-order valence-electron chi connectivity index (χ0n) is 10.9. The van der Waals surface area contributed by atoms with Crippen molar-refractivity contribution in [1.82, 2.24) is 10.3 Å². The molecule has 1 aromatic rings. The van der Waals surface area contributed by atoms with Gasteiger partial charge in [-0.2, -0.15) is 13.2 Å². The van der Waals surface area contributed by atoms with E-state index >= 15 is 0 Å². The van der Waals surface area contributed by atoms with Crippen LogP contribution in [0.2, 0.25) is 5.02 Å². The number of carboxylic acid groups (broad SMARTS) is 1. The summed E-state index contributed by atoms with van der Waals surface area (Å²) in [5.41, 5.74) is -0.963. The molecule has 0 atom stereocenters. The second-order valence-electron chi connectivity index (χ2n) is 3.94. The van der Waals surface area contributed by atoms with Gasteiger partial charge in [0.1, 0.15) is 5.82 Å². The summed E-state index contributed by atoms with van der Waals surface area (Å²) in [5, 5.41) is 13.1. The Hall–Kier alpha value is -2.29. The van der Waals surface area contributed by atoms with Gasteiger partial charge in [0.2, 0.25) is 5.91 Å². The van der Waals surface area contributed by atoms with Gasteiger partial charge in [-0.05, 0) is 6.07 Å². The fourth-order valence-electron chi connectivity index (χ4n) is 1.30. The van der Waals surface area contributed by atoms with Gasteiger partial charge in [0.05, 0.1) is 10.6 Å². The lowest BCUT2D eigenvalue weighted by atomic mass is 10.3. The third-order valence-corrected chi connectivity index (χ3v) is 2.55. The lowest BCUT2D eigenvalue weighted by Gasteiger charge is -2.10. The van der Waals surface area contributed by atoms with Crippen LogP contribution in [0, 0.1) is 0 Å². The van der Waals surface area contributed by atoms with Crippen LogP contribution in [-0.2, 0) is 15.8 Å². The molecule has 0 aliphatic carbocycles. The highest BCUT2D eigenvalue weighted by molar-refractivity contribution is 6.32. The van der Waals surface area contributed by atoms with E-state index in [4.69, 9.17) is 16.7 Å². The van der Waals surface area contributed by atoms with Crippen molar-refractivity contribution in [2.24, 2.45) is 0 Å². The van der Waals surface area contributed by atoms with E-state index in [1.165, 1.54) is 0 Å². The zero-order chi connectivity index (χ0) is 16.8. The molecular weight excluding hydrogens is 327 g/mol. The number of carboxylic acids is 1. The van der Waals surface area contributed by atoms with E-state index in [1.54, 1.807) is 0 Å². The fraction of sp³-hybridized carbons (Fsp3) is 0.250. The SMILES string of the molecule is O=C(O)/C=C\C(=O)NCCNc1ncc(C(F)(F)F)cc1Cl. The van der Waals surface area contributed by atoms with E-state index < -0.39 is 23.6 Å². The van der Waals surface area contributed by atoms with E-state index in [0.717, 1.165) is 12.1 Å². The number of carbonyl (C=O) groups is 2. The van der Waals surface area contributed by atoms with E-state index in [-0.39, 0.29) is 23.9 Å². The first-order chi connectivity index (χ1) is 10.2. The summed E-state index contributed by atoms with van der Waals surface area (Å²) in [7, 11) is 0. The van der Waals surface area contributed by atoms with Gasteiger partial charge in [-0.1, -0.05) is 11.6 Å². The molecule has 0 saturated heterocycles. The molecule has 120 valence electrons. The lowest BCUT2D eigenvalue weighted by Crippen LogP contribution is -2.27. The van der Waals surface area contributed by atoms with Crippen LogP contribution in [0.4, 0.5) is 19.0 Å². The van der Waals surface area contributed by atoms with Gasteiger partial charge in [-0.25, -0.2) is 9.78 Å². The van der Waals surface area contributed by atoms with Crippen LogP contribution in [0.5, 0.6) is 0 Å². The summed E-state index contributed by atoms with van der Waals surface area (Å²) >= 11 is 5.67. The molecule has 1 rings (SSSR count). The smallest absolute Gasteiger partial charge is 0.417 e. The average molecular weight is 338 g/mol. The molecule has 1 aromatic heterocycles. The van der Waals surface area contributed by atoms with E-state index in [2.05, 4.69) is 15.6 Å². The van der Waals surface area contributed by atoms with E-state index in [9.17, 15) is 22.8 Å². The Balaban J connectivity index is 2.46. The summed E-state index contributed by atoms with van der Waals surface area (Å²) in [5.74, 6) is -1.82. The van der Waals surface area contributed by atoms with Crippen molar-refractivity contribution < 1.29 is 27.9 Å². The van der Waals surface area contributed by atoms with Gasteiger partial charge in [0, 0.05) is 31.4 Å². The Morgan fingerprint density at radius 1 is 1.32 bits per heavy atom.